The summed E-state index contributed by atoms with van der Waals surface area (Å²) in [5, 5.41) is 0.627. The average molecular weight is 414 g/mol. The minimum Gasteiger partial charge on any atom is -0.337 e. The summed E-state index contributed by atoms with van der Waals surface area (Å²) >= 11 is 5.99. The molecule has 0 fully saturated rings. The van der Waals surface area contributed by atoms with Crippen LogP contribution in [0.4, 0.5) is 0 Å². The molecule has 6 heteroatoms. The highest BCUT2D eigenvalue weighted by molar-refractivity contribution is 7.90. The lowest BCUT2D eigenvalue weighted by Crippen LogP contribution is -2.26. The summed E-state index contributed by atoms with van der Waals surface area (Å²) in [6, 6.07) is 22.4. The Bertz CT molecular complexity index is 1060. The van der Waals surface area contributed by atoms with E-state index in [9.17, 15) is 13.2 Å². The molecule has 0 saturated carbocycles. The molecule has 0 heterocycles. The molecule has 0 atom stereocenters. The van der Waals surface area contributed by atoms with Gasteiger partial charge in [0, 0.05) is 24.2 Å². The summed E-state index contributed by atoms with van der Waals surface area (Å²) in [5.74, 6) is -0.249. The van der Waals surface area contributed by atoms with Gasteiger partial charge in [0.2, 0.25) is 0 Å². The van der Waals surface area contributed by atoms with Gasteiger partial charge in [-0.25, -0.2) is 8.42 Å². The minimum atomic E-state index is -3.42. The van der Waals surface area contributed by atoms with Gasteiger partial charge in [0.25, 0.3) is 5.91 Å². The number of halogens is 1. The third-order valence-electron chi connectivity index (χ3n) is 4.32. The molecule has 3 aromatic carbocycles. The number of hydrogen-bond acceptors (Lipinski definition) is 3. The highest BCUT2D eigenvalue weighted by Crippen LogP contribution is 2.18. The number of benzene rings is 3. The molecule has 144 valence electrons. The van der Waals surface area contributed by atoms with Crippen LogP contribution in [0.15, 0.2) is 83.8 Å². The molecule has 0 aliphatic carbocycles. The first kappa shape index (κ1) is 20.1. The van der Waals surface area contributed by atoms with Crippen molar-refractivity contribution in [2.24, 2.45) is 0 Å². The van der Waals surface area contributed by atoms with Crippen molar-refractivity contribution in [3.8, 4) is 0 Å². The Morgan fingerprint density at radius 3 is 2.21 bits per heavy atom. The summed E-state index contributed by atoms with van der Waals surface area (Å²) in [7, 11) is -1.70. The second-order valence-corrected chi connectivity index (χ2v) is 8.99. The van der Waals surface area contributed by atoms with E-state index in [0.717, 1.165) is 5.56 Å². The van der Waals surface area contributed by atoms with Crippen molar-refractivity contribution < 1.29 is 13.2 Å². The Morgan fingerprint density at radius 2 is 1.57 bits per heavy atom. The second kappa shape index (κ2) is 8.59. The highest BCUT2D eigenvalue weighted by atomic mass is 35.5. The van der Waals surface area contributed by atoms with E-state index in [-0.39, 0.29) is 16.6 Å². The van der Waals surface area contributed by atoms with E-state index in [0.29, 0.717) is 22.7 Å². The molecule has 3 aromatic rings. The Morgan fingerprint density at radius 1 is 0.893 bits per heavy atom. The summed E-state index contributed by atoms with van der Waals surface area (Å²) < 4.78 is 24.9. The van der Waals surface area contributed by atoms with Crippen molar-refractivity contribution in [1.29, 1.82) is 0 Å². The smallest absolute Gasteiger partial charge is 0.253 e. The molecule has 0 aliphatic heterocycles. The summed E-state index contributed by atoms with van der Waals surface area (Å²) in [5.41, 5.74) is 2.08. The molecular weight excluding hydrogens is 394 g/mol. The van der Waals surface area contributed by atoms with Gasteiger partial charge in [0.05, 0.1) is 10.6 Å². The summed E-state index contributed by atoms with van der Waals surface area (Å²) in [6.45, 7) is 0.434. The molecule has 3 rings (SSSR count). The number of carbonyl (C=O) groups is 1. The second-order valence-electron chi connectivity index (χ2n) is 6.56. The van der Waals surface area contributed by atoms with Gasteiger partial charge in [0.15, 0.2) is 9.84 Å². The van der Waals surface area contributed by atoms with Crippen molar-refractivity contribution in [1.82, 2.24) is 4.90 Å². The lowest BCUT2D eigenvalue weighted by molar-refractivity contribution is 0.0785. The highest BCUT2D eigenvalue weighted by Gasteiger charge is 2.16. The third kappa shape index (κ3) is 5.00. The molecule has 4 nitrogen and oxygen atoms in total. The maximum atomic E-state index is 12.6. The molecule has 0 spiro atoms. The number of hydrogen-bond donors (Lipinski definition) is 0. The third-order valence-corrected chi connectivity index (χ3v) is 6.25. The summed E-state index contributed by atoms with van der Waals surface area (Å²) in [6.07, 6.45) is 0. The van der Waals surface area contributed by atoms with Crippen LogP contribution in [-0.4, -0.2) is 26.3 Å². The Kier molecular flexibility index (Phi) is 6.17. The normalized spacial score (nSPS) is 11.2. The monoisotopic (exact) mass is 413 g/mol. The zero-order valence-corrected chi connectivity index (χ0v) is 17.0. The first-order valence-corrected chi connectivity index (χ1v) is 10.7. The van der Waals surface area contributed by atoms with Crippen LogP contribution in [0, 0.1) is 0 Å². The lowest BCUT2D eigenvalue weighted by Gasteiger charge is -2.17. The Hall–Kier alpha value is -2.63. The molecule has 0 N–H and O–H groups in total. The predicted octanol–water partition coefficient (Wildman–Crippen LogP) is 4.59. The number of carbonyl (C=O) groups excluding carboxylic acids is 1. The average Bonchev–Trinajstić information content (AvgIpc) is 2.68. The van der Waals surface area contributed by atoms with Crippen LogP contribution in [0.2, 0.25) is 5.02 Å². The molecule has 0 aliphatic rings. The maximum absolute atomic E-state index is 12.6. The van der Waals surface area contributed by atoms with E-state index >= 15 is 0 Å². The van der Waals surface area contributed by atoms with Crippen LogP contribution < -0.4 is 0 Å². The maximum Gasteiger partial charge on any atom is 0.253 e. The number of rotatable bonds is 6. The quantitative estimate of drug-likeness (QED) is 0.594. The van der Waals surface area contributed by atoms with Crippen molar-refractivity contribution in [3.63, 3.8) is 0 Å². The molecule has 28 heavy (non-hydrogen) atoms. The Balaban J connectivity index is 1.69. The van der Waals surface area contributed by atoms with Crippen LogP contribution >= 0.6 is 11.6 Å². The van der Waals surface area contributed by atoms with Gasteiger partial charge in [-0.3, -0.25) is 4.79 Å². The molecule has 0 bridgehead atoms. The van der Waals surface area contributed by atoms with Crippen molar-refractivity contribution in [2.75, 3.05) is 7.05 Å². The molecule has 1 amide bonds. The van der Waals surface area contributed by atoms with E-state index in [1.807, 2.05) is 18.2 Å². The zero-order valence-electron chi connectivity index (χ0n) is 15.4. The van der Waals surface area contributed by atoms with E-state index in [1.165, 1.54) is 0 Å². The largest absolute Gasteiger partial charge is 0.337 e. The van der Waals surface area contributed by atoms with Crippen LogP contribution in [0.3, 0.4) is 0 Å². The topological polar surface area (TPSA) is 54.5 Å². The predicted molar refractivity (Wildman–Crippen MR) is 111 cm³/mol. The molecule has 0 saturated heterocycles. The van der Waals surface area contributed by atoms with Gasteiger partial charge in [-0.05, 0) is 47.5 Å². The Labute approximate surface area is 170 Å². The molecule has 0 radical (unpaired) electrons. The van der Waals surface area contributed by atoms with Gasteiger partial charge >= 0.3 is 0 Å². The fourth-order valence-electron chi connectivity index (χ4n) is 2.88. The van der Waals surface area contributed by atoms with E-state index < -0.39 is 9.84 Å². The number of nitrogens with zero attached hydrogens (tertiary/aromatic N) is 1. The van der Waals surface area contributed by atoms with E-state index in [1.54, 1.807) is 72.6 Å². The standard InChI is InChI=1S/C22H20ClNO3S/c1-24(15-18-6-5-7-20(23)14-18)22(25)19-12-10-17(11-13-19)16-28(26,27)21-8-3-2-4-9-21/h2-14H,15-16H2,1H3. The van der Waals surface area contributed by atoms with Crippen molar-refractivity contribution in [3.05, 3.63) is 101 Å². The zero-order chi connectivity index (χ0) is 20.1. The minimum absolute atomic E-state index is 0.107. The SMILES string of the molecule is CN(Cc1cccc(Cl)c1)C(=O)c1ccc(CS(=O)(=O)c2ccccc2)cc1. The van der Waals surface area contributed by atoms with Crippen LogP contribution in [0.1, 0.15) is 21.5 Å². The van der Waals surface area contributed by atoms with E-state index in [4.69, 9.17) is 11.6 Å². The fraction of sp³-hybridized carbons (Fsp3) is 0.136. The summed E-state index contributed by atoms with van der Waals surface area (Å²) in [4.78, 5) is 14.5. The van der Waals surface area contributed by atoms with Gasteiger partial charge in [-0.2, -0.15) is 0 Å². The van der Waals surface area contributed by atoms with Gasteiger partial charge in [-0.1, -0.05) is 54.1 Å². The van der Waals surface area contributed by atoms with Gasteiger partial charge in [0.1, 0.15) is 0 Å². The van der Waals surface area contributed by atoms with Crippen LogP contribution in [0.5, 0.6) is 0 Å². The number of sulfone groups is 1. The first-order valence-electron chi connectivity index (χ1n) is 8.72. The molecule has 0 unspecified atom stereocenters. The molecular formula is C22H20ClNO3S. The van der Waals surface area contributed by atoms with Crippen molar-refractivity contribution in [2.45, 2.75) is 17.2 Å². The van der Waals surface area contributed by atoms with Gasteiger partial charge in [-0.15, -0.1) is 0 Å². The van der Waals surface area contributed by atoms with Crippen LogP contribution in [0.25, 0.3) is 0 Å². The van der Waals surface area contributed by atoms with E-state index in [2.05, 4.69) is 0 Å². The van der Waals surface area contributed by atoms with Crippen molar-refractivity contribution >= 4 is 27.3 Å². The van der Waals surface area contributed by atoms with Crippen LogP contribution in [-0.2, 0) is 22.1 Å². The van der Waals surface area contributed by atoms with Gasteiger partial charge < -0.3 is 4.90 Å². The number of amides is 1. The first-order chi connectivity index (χ1) is 13.3. The lowest BCUT2D eigenvalue weighted by atomic mass is 10.1. The fourth-order valence-corrected chi connectivity index (χ4v) is 4.46. The molecule has 0 aromatic heterocycles.